The number of carbonyl (C=O) groups excluding carboxylic acids is 2. The molecular weight excluding hydrogens is 258 g/mol. The van der Waals surface area contributed by atoms with Crippen LogP contribution in [0.15, 0.2) is 24.3 Å². The lowest BCUT2D eigenvalue weighted by atomic mass is 9.82. The van der Waals surface area contributed by atoms with E-state index in [-0.39, 0.29) is 18.4 Å². The Kier molecular flexibility index (Phi) is 4.74. The Morgan fingerprint density at radius 3 is 2.95 bits per heavy atom. The second-order valence-corrected chi connectivity index (χ2v) is 4.93. The smallest absolute Gasteiger partial charge is 0.336 e. The summed E-state index contributed by atoms with van der Waals surface area (Å²) in [6, 6.07) is 7.90. The van der Waals surface area contributed by atoms with Gasteiger partial charge in [-0.25, -0.2) is 4.79 Å². The van der Waals surface area contributed by atoms with Gasteiger partial charge in [0.2, 0.25) is 5.91 Å². The number of aliphatic hydroxyl groups is 1. The van der Waals surface area contributed by atoms with Crippen LogP contribution >= 0.6 is 0 Å². The molecule has 2 N–H and O–H groups in total. The molecule has 0 saturated carbocycles. The number of methoxy groups -OCH3 is 1. The van der Waals surface area contributed by atoms with E-state index in [4.69, 9.17) is 0 Å². The third-order valence-electron chi connectivity index (χ3n) is 3.63. The molecule has 2 rings (SSSR count). The minimum Gasteiger partial charge on any atom is -0.467 e. The maximum Gasteiger partial charge on any atom is 0.336 e. The first kappa shape index (κ1) is 14.5. The highest BCUT2D eigenvalue weighted by atomic mass is 16.5. The second-order valence-electron chi connectivity index (χ2n) is 4.93. The number of hydrogen-bond donors (Lipinski definition) is 2. The molecule has 1 aromatic carbocycles. The molecule has 0 heterocycles. The van der Waals surface area contributed by atoms with Gasteiger partial charge in [0, 0.05) is 0 Å². The monoisotopic (exact) mass is 277 g/mol. The largest absolute Gasteiger partial charge is 0.467 e. The van der Waals surface area contributed by atoms with Crippen LogP contribution in [0.5, 0.6) is 0 Å². The maximum absolute atomic E-state index is 12.2. The van der Waals surface area contributed by atoms with Crippen molar-refractivity contribution in [3.8, 4) is 0 Å². The minimum atomic E-state index is -1.32. The highest BCUT2D eigenvalue weighted by molar-refractivity contribution is 5.85. The molecule has 1 aliphatic rings. The lowest BCUT2D eigenvalue weighted by molar-refractivity contribution is -0.150. The van der Waals surface area contributed by atoms with Gasteiger partial charge in [0.05, 0.1) is 19.6 Å². The molecule has 0 aliphatic heterocycles. The van der Waals surface area contributed by atoms with Gasteiger partial charge in [-0.05, 0) is 30.4 Å². The number of rotatable bonds is 4. The number of amides is 1. The molecule has 0 aromatic heterocycles. The van der Waals surface area contributed by atoms with E-state index >= 15 is 0 Å². The van der Waals surface area contributed by atoms with Gasteiger partial charge in [-0.1, -0.05) is 24.3 Å². The average Bonchev–Trinajstić information content (AvgIpc) is 2.50. The molecule has 0 radical (unpaired) electrons. The van der Waals surface area contributed by atoms with E-state index in [1.165, 1.54) is 12.7 Å². The van der Waals surface area contributed by atoms with Crippen molar-refractivity contribution in [1.29, 1.82) is 0 Å². The van der Waals surface area contributed by atoms with Gasteiger partial charge in [0.25, 0.3) is 0 Å². The Hall–Kier alpha value is -1.88. The second kappa shape index (κ2) is 6.52. The Morgan fingerprint density at radius 2 is 2.20 bits per heavy atom. The highest BCUT2D eigenvalue weighted by Crippen LogP contribution is 2.31. The lowest BCUT2D eigenvalue weighted by Gasteiger charge is -2.24. The average molecular weight is 277 g/mol. The van der Waals surface area contributed by atoms with Gasteiger partial charge >= 0.3 is 5.97 Å². The summed E-state index contributed by atoms with van der Waals surface area (Å²) in [7, 11) is 1.20. The van der Waals surface area contributed by atoms with Gasteiger partial charge < -0.3 is 15.2 Å². The Balaban J connectivity index is 1.99. The Morgan fingerprint density at radius 1 is 1.45 bits per heavy atom. The van der Waals surface area contributed by atoms with Gasteiger partial charge in [0.15, 0.2) is 6.10 Å². The van der Waals surface area contributed by atoms with Gasteiger partial charge in [-0.3, -0.25) is 4.79 Å². The number of aryl methyl sites for hydroxylation is 1. The zero-order valence-electron chi connectivity index (χ0n) is 11.5. The van der Waals surface area contributed by atoms with Gasteiger partial charge in [-0.15, -0.1) is 0 Å². The molecule has 0 spiro atoms. The standard InChI is InChI=1S/C15H19NO4/c1-20-15(19)13(17)9-16-14(18)12-8-4-6-10-5-2-3-7-11(10)12/h2-3,5,7,12-13,17H,4,6,8-9H2,1H3,(H,16,18). The molecule has 2 atom stereocenters. The molecule has 20 heavy (non-hydrogen) atoms. The van der Waals surface area contributed by atoms with E-state index < -0.39 is 12.1 Å². The van der Waals surface area contributed by atoms with Crippen molar-refractivity contribution in [2.45, 2.75) is 31.3 Å². The molecule has 5 heteroatoms. The van der Waals surface area contributed by atoms with Crippen molar-refractivity contribution in [2.24, 2.45) is 0 Å². The maximum atomic E-state index is 12.2. The quantitative estimate of drug-likeness (QED) is 0.797. The van der Waals surface area contributed by atoms with Crippen LogP contribution in [0.1, 0.15) is 29.9 Å². The summed E-state index contributed by atoms with van der Waals surface area (Å²) >= 11 is 0. The molecule has 0 saturated heterocycles. The number of aliphatic hydroxyl groups excluding tert-OH is 1. The van der Waals surface area contributed by atoms with Crippen LogP contribution < -0.4 is 5.32 Å². The van der Waals surface area contributed by atoms with Crippen LogP contribution in [0.3, 0.4) is 0 Å². The summed E-state index contributed by atoms with van der Waals surface area (Å²) in [4.78, 5) is 23.3. The predicted octanol–water partition coefficient (Wildman–Crippen LogP) is 0.757. The normalized spacial score (nSPS) is 18.8. The fraction of sp³-hybridized carbons (Fsp3) is 0.467. The molecule has 1 amide bonds. The van der Waals surface area contributed by atoms with Gasteiger partial charge in [0.1, 0.15) is 0 Å². The number of benzene rings is 1. The van der Waals surface area contributed by atoms with E-state index in [0.717, 1.165) is 24.8 Å². The topological polar surface area (TPSA) is 75.6 Å². The van der Waals surface area contributed by atoms with Gasteiger partial charge in [-0.2, -0.15) is 0 Å². The molecule has 1 aliphatic carbocycles. The number of ether oxygens (including phenoxy) is 1. The van der Waals surface area contributed by atoms with Crippen LogP contribution in [0, 0.1) is 0 Å². The summed E-state index contributed by atoms with van der Waals surface area (Å²) in [6.07, 6.45) is 1.43. The van der Waals surface area contributed by atoms with Crippen molar-refractivity contribution < 1.29 is 19.4 Å². The Bertz CT molecular complexity index is 500. The first-order valence-corrected chi connectivity index (χ1v) is 6.75. The summed E-state index contributed by atoms with van der Waals surface area (Å²) in [5.74, 6) is -1.10. The van der Waals surface area contributed by atoms with Crippen LogP contribution in [-0.2, 0) is 20.7 Å². The fourth-order valence-electron chi connectivity index (χ4n) is 2.57. The molecule has 0 bridgehead atoms. The molecule has 2 unspecified atom stereocenters. The summed E-state index contributed by atoms with van der Waals surface area (Å²) < 4.78 is 4.41. The third kappa shape index (κ3) is 3.17. The van der Waals surface area contributed by atoms with Crippen LogP contribution in [0.2, 0.25) is 0 Å². The fourth-order valence-corrected chi connectivity index (χ4v) is 2.57. The SMILES string of the molecule is COC(=O)C(O)CNC(=O)C1CCCc2ccccc21. The van der Waals surface area contributed by atoms with Crippen molar-refractivity contribution >= 4 is 11.9 Å². The molecule has 108 valence electrons. The van der Waals surface area contributed by atoms with E-state index in [0.29, 0.717) is 0 Å². The van der Waals surface area contributed by atoms with Crippen molar-refractivity contribution in [1.82, 2.24) is 5.32 Å². The number of hydrogen-bond acceptors (Lipinski definition) is 4. The van der Waals surface area contributed by atoms with E-state index in [1.807, 2.05) is 24.3 Å². The highest BCUT2D eigenvalue weighted by Gasteiger charge is 2.27. The van der Waals surface area contributed by atoms with Crippen molar-refractivity contribution in [2.75, 3.05) is 13.7 Å². The van der Waals surface area contributed by atoms with Crippen LogP contribution in [0.25, 0.3) is 0 Å². The predicted molar refractivity (Wildman–Crippen MR) is 73.2 cm³/mol. The number of nitrogens with one attached hydrogen (secondary N) is 1. The van der Waals surface area contributed by atoms with Crippen LogP contribution in [0.4, 0.5) is 0 Å². The zero-order chi connectivity index (χ0) is 14.5. The third-order valence-corrected chi connectivity index (χ3v) is 3.63. The summed E-state index contributed by atoms with van der Waals surface area (Å²) in [5.41, 5.74) is 2.25. The zero-order valence-corrected chi connectivity index (χ0v) is 11.5. The van der Waals surface area contributed by atoms with E-state index in [1.54, 1.807) is 0 Å². The molecule has 5 nitrogen and oxygen atoms in total. The van der Waals surface area contributed by atoms with Crippen LogP contribution in [-0.4, -0.2) is 36.7 Å². The summed E-state index contributed by atoms with van der Waals surface area (Å²) in [6.45, 7) is -0.121. The summed E-state index contributed by atoms with van der Waals surface area (Å²) in [5, 5.41) is 12.1. The van der Waals surface area contributed by atoms with Crippen molar-refractivity contribution in [3.63, 3.8) is 0 Å². The lowest BCUT2D eigenvalue weighted by Crippen LogP contribution is -2.40. The first-order chi connectivity index (χ1) is 9.63. The number of carbonyl (C=O) groups is 2. The number of esters is 1. The Labute approximate surface area is 117 Å². The molecule has 0 fully saturated rings. The minimum absolute atomic E-state index is 0.121. The first-order valence-electron chi connectivity index (χ1n) is 6.75. The van der Waals surface area contributed by atoms with E-state index in [2.05, 4.69) is 10.1 Å². The number of fused-ring (bicyclic) bond motifs is 1. The molecular formula is C15H19NO4. The molecule has 1 aromatic rings. The van der Waals surface area contributed by atoms with E-state index in [9.17, 15) is 14.7 Å². The van der Waals surface area contributed by atoms with Crippen molar-refractivity contribution in [3.05, 3.63) is 35.4 Å².